The van der Waals surface area contributed by atoms with Crippen LogP contribution in [0, 0.1) is 0 Å². The van der Waals surface area contributed by atoms with E-state index in [2.05, 4.69) is 56.0 Å². The highest BCUT2D eigenvalue weighted by Crippen LogP contribution is 2.41. The molecule has 2 bridgehead atoms. The summed E-state index contributed by atoms with van der Waals surface area (Å²) in [6.45, 7) is 16.9. The van der Waals surface area contributed by atoms with Crippen molar-refractivity contribution in [2.75, 3.05) is 45.9 Å². The molecule has 0 radical (unpaired) electrons. The van der Waals surface area contributed by atoms with Gasteiger partial charge >= 0.3 is 6.09 Å². The number of amides is 1. The topological polar surface area (TPSA) is 119 Å². The Balaban J connectivity index is 0.000000251. The first kappa shape index (κ1) is 36.4. The molecular formula is C39H51ClN8O4. The van der Waals surface area contributed by atoms with Gasteiger partial charge in [0.1, 0.15) is 35.7 Å². The number of aromatic nitrogens is 4. The second-order valence-corrected chi connectivity index (χ2v) is 16.1. The highest BCUT2D eigenvalue weighted by molar-refractivity contribution is 6.33. The fraction of sp³-hybridized carbons (Fsp3) is 0.538. The second kappa shape index (κ2) is 15.2. The zero-order valence-corrected chi connectivity index (χ0v) is 31.7. The lowest BCUT2D eigenvalue weighted by Crippen LogP contribution is -2.50. The first-order chi connectivity index (χ1) is 24.9. The average molecular weight is 731 g/mol. The van der Waals surface area contributed by atoms with Crippen molar-refractivity contribution in [2.45, 2.75) is 89.8 Å². The van der Waals surface area contributed by atoms with E-state index in [9.17, 15) is 4.79 Å². The monoisotopic (exact) mass is 730 g/mol. The maximum atomic E-state index is 11.7. The third-order valence-electron chi connectivity index (χ3n) is 9.97. The second-order valence-electron chi connectivity index (χ2n) is 15.7. The van der Waals surface area contributed by atoms with Gasteiger partial charge in [-0.2, -0.15) is 4.98 Å². The predicted molar refractivity (Wildman–Crippen MR) is 202 cm³/mol. The standard InChI is InChI=1S/C29H33ClN6O2.C10H18N2O2/c1-20-17-35(13-12-31-20)14-15-37-22-8-9-23(24(30)16-22)26-34-25-27(36(26)18-21-6-4-3-5-7-21)32-19-33-28(25)38-29(2)10-11-29;1-10(2,3)14-9(13)12-6-7-4-8(12)5-11-7/h3-9,16,19-20,31H,10-15,17-18H2,1-2H3;7-8,11H,4-6H2,1-3H3/t;7-,8-/m.0/s1. The largest absolute Gasteiger partial charge is 0.492 e. The van der Waals surface area contributed by atoms with Crippen molar-refractivity contribution in [1.29, 1.82) is 0 Å². The maximum absolute atomic E-state index is 11.7. The summed E-state index contributed by atoms with van der Waals surface area (Å²) < 4.78 is 19.7. The van der Waals surface area contributed by atoms with Gasteiger partial charge in [0.05, 0.1) is 11.6 Å². The number of carbonyl (C=O) groups excluding carboxylic acids is 1. The van der Waals surface area contributed by atoms with Crippen molar-refractivity contribution in [3.8, 4) is 23.0 Å². The van der Waals surface area contributed by atoms with Gasteiger partial charge in [0.2, 0.25) is 5.88 Å². The highest BCUT2D eigenvalue weighted by Gasteiger charge is 2.42. The van der Waals surface area contributed by atoms with Crippen molar-refractivity contribution in [1.82, 2.24) is 40.0 Å². The molecule has 4 aliphatic rings. The number of nitrogens with zero attached hydrogens (tertiary/aromatic N) is 6. The summed E-state index contributed by atoms with van der Waals surface area (Å²) >= 11 is 6.85. The number of rotatable bonds is 9. The van der Waals surface area contributed by atoms with E-state index in [0.717, 1.165) is 86.9 Å². The Kier molecular flexibility index (Phi) is 10.6. The van der Waals surface area contributed by atoms with Gasteiger partial charge < -0.3 is 34.3 Å². The number of imidazole rings is 1. The normalized spacial score (nSPS) is 22.2. The molecule has 13 heteroatoms. The number of likely N-dealkylation sites (tertiary alicyclic amines) is 1. The molecule has 1 saturated carbocycles. The van der Waals surface area contributed by atoms with E-state index in [0.29, 0.717) is 47.7 Å². The number of hydrogen-bond acceptors (Lipinski definition) is 10. The van der Waals surface area contributed by atoms with Crippen LogP contribution >= 0.6 is 11.6 Å². The van der Waals surface area contributed by atoms with Crippen LogP contribution in [0.15, 0.2) is 54.9 Å². The first-order valence-corrected chi connectivity index (χ1v) is 18.9. The third-order valence-corrected chi connectivity index (χ3v) is 10.3. The van der Waals surface area contributed by atoms with Crippen LogP contribution in [0.25, 0.3) is 22.6 Å². The SMILES string of the molecule is CC(C)(C)OC(=O)N1C[C@@H]2C[C@H]1CN2.CC1CN(CCOc2ccc(-c3nc4c(OC5(C)CC5)ncnc4n3Cc3ccccc3)c(Cl)c2)CCN1. The lowest BCUT2D eigenvalue weighted by molar-refractivity contribution is 0.0204. The minimum absolute atomic E-state index is 0.161. The lowest BCUT2D eigenvalue weighted by Gasteiger charge is -2.31. The molecule has 4 fully saturated rings. The Morgan fingerprint density at radius 2 is 1.88 bits per heavy atom. The van der Waals surface area contributed by atoms with Crippen molar-refractivity contribution in [3.63, 3.8) is 0 Å². The number of carbonyl (C=O) groups is 1. The van der Waals surface area contributed by atoms with Gasteiger partial charge in [-0.1, -0.05) is 41.9 Å². The predicted octanol–water partition coefficient (Wildman–Crippen LogP) is 5.77. The zero-order chi connectivity index (χ0) is 36.5. The van der Waals surface area contributed by atoms with Crippen LogP contribution in [-0.4, -0.2) is 111 Å². The number of hydrogen-bond donors (Lipinski definition) is 2. The minimum atomic E-state index is -0.383. The average Bonchev–Trinajstić information content (AvgIpc) is 3.42. The Hall–Kier alpha value is -3.97. The van der Waals surface area contributed by atoms with Crippen LogP contribution in [0.2, 0.25) is 5.02 Å². The van der Waals surface area contributed by atoms with Crippen LogP contribution in [0.1, 0.15) is 59.4 Å². The first-order valence-electron chi connectivity index (χ1n) is 18.5. The van der Waals surface area contributed by atoms with E-state index in [1.54, 1.807) is 6.33 Å². The van der Waals surface area contributed by atoms with Crippen LogP contribution < -0.4 is 20.1 Å². The van der Waals surface area contributed by atoms with Crippen molar-refractivity contribution in [3.05, 3.63) is 65.4 Å². The quantitative estimate of drug-likeness (QED) is 0.220. The van der Waals surface area contributed by atoms with Gasteiger partial charge in [-0.25, -0.2) is 14.8 Å². The summed E-state index contributed by atoms with van der Waals surface area (Å²) in [4.78, 5) is 30.0. The summed E-state index contributed by atoms with van der Waals surface area (Å²) in [5.41, 5.74) is 2.76. The van der Waals surface area contributed by atoms with Crippen molar-refractivity contribution < 1.29 is 19.0 Å². The van der Waals surface area contributed by atoms with Crippen LogP contribution in [-0.2, 0) is 11.3 Å². The molecule has 3 saturated heterocycles. The number of fused-ring (bicyclic) bond motifs is 3. The molecule has 8 rings (SSSR count). The van der Waals surface area contributed by atoms with Gasteiger partial charge in [-0.3, -0.25) is 4.90 Å². The third kappa shape index (κ3) is 8.79. The van der Waals surface area contributed by atoms with Gasteiger partial charge in [0, 0.05) is 63.0 Å². The lowest BCUT2D eigenvalue weighted by atomic mass is 10.2. The maximum Gasteiger partial charge on any atom is 0.410 e. The molecule has 2 N–H and O–H groups in total. The molecule has 2 aromatic carbocycles. The molecule has 52 heavy (non-hydrogen) atoms. The summed E-state index contributed by atoms with van der Waals surface area (Å²) in [5, 5.41) is 7.40. The van der Waals surface area contributed by atoms with Crippen LogP contribution in [0.3, 0.4) is 0 Å². The molecule has 0 spiro atoms. The fourth-order valence-corrected chi connectivity index (χ4v) is 7.26. The Bertz CT molecular complexity index is 1860. The van der Waals surface area contributed by atoms with E-state index in [-0.39, 0.29) is 17.3 Å². The number of nitrogens with one attached hydrogen (secondary N) is 2. The highest BCUT2D eigenvalue weighted by atomic mass is 35.5. The van der Waals surface area contributed by atoms with E-state index < -0.39 is 0 Å². The molecule has 4 aromatic rings. The molecule has 12 nitrogen and oxygen atoms in total. The molecular weight excluding hydrogens is 680 g/mol. The van der Waals surface area contributed by atoms with E-state index >= 15 is 0 Å². The van der Waals surface area contributed by atoms with E-state index in [1.165, 1.54) is 0 Å². The fourth-order valence-electron chi connectivity index (χ4n) is 7.00. The van der Waals surface area contributed by atoms with Crippen molar-refractivity contribution in [2.24, 2.45) is 0 Å². The molecule has 278 valence electrons. The Morgan fingerprint density at radius 1 is 1.08 bits per heavy atom. The Morgan fingerprint density at radius 3 is 2.56 bits per heavy atom. The molecule has 1 amide bonds. The number of ether oxygens (including phenoxy) is 3. The smallest absolute Gasteiger partial charge is 0.410 e. The minimum Gasteiger partial charge on any atom is -0.492 e. The summed E-state index contributed by atoms with van der Waals surface area (Å²) in [7, 11) is 0. The van der Waals surface area contributed by atoms with Gasteiger partial charge in [0.25, 0.3) is 0 Å². The molecule has 1 aliphatic carbocycles. The number of halogens is 1. The summed E-state index contributed by atoms with van der Waals surface area (Å²) in [6.07, 6.45) is 4.49. The van der Waals surface area contributed by atoms with E-state index in [1.807, 2.05) is 62.1 Å². The summed E-state index contributed by atoms with van der Waals surface area (Å²) in [5.74, 6) is 1.99. The number of benzene rings is 2. The zero-order valence-electron chi connectivity index (χ0n) is 30.9. The van der Waals surface area contributed by atoms with Crippen LogP contribution in [0.4, 0.5) is 4.79 Å². The molecule has 1 unspecified atom stereocenters. The van der Waals surface area contributed by atoms with Gasteiger partial charge in [0.15, 0.2) is 11.2 Å². The Labute approximate surface area is 311 Å². The molecule has 2 aromatic heterocycles. The molecule has 3 aliphatic heterocycles. The molecule has 5 heterocycles. The molecule has 3 atom stereocenters. The number of piperazine rings is 2. The van der Waals surface area contributed by atoms with Crippen molar-refractivity contribution >= 4 is 28.9 Å². The van der Waals surface area contributed by atoms with E-state index in [4.69, 9.17) is 30.8 Å². The van der Waals surface area contributed by atoms with Crippen LogP contribution in [0.5, 0.6) is 11.6 Å². The van der Waals surface area contributed by atoms with Gasteiger partial charge in [-0.15, -0.1) is 0 Å². The summed E-state index contributed by atoms with van der Waals surface area (Å²) in [6, 6.07) is 17.4. The van der Waals surface area contributed by atoms with Gasteiger partial charge in [-0.05, 0) is 77.6 Å².